The zero-order chi connectivity index (χ0) is 13.3. The fourth-order valence-electron chi connectivity index (χ4n) is 1.67. The molecule has 5 nitrogen and oxygen atoms in total. The summed E-state index contributed by atoms with van der Waals surface area (Å²) in [7, 11) is 1.91. The second-order valence-electron chi connectivity index (χ2n) is 4.15. The molecule has 0 aliphatic rings. The van der Waals surface area contributed by atoms with Crippen molar-refractivity contribution in [1.29, 1.82) is 0 Å². The maximum Gasteiger partial charge on any atom is 0.170 e. The van der Waals surface area contributed by atoms with Crippen molar-refractivity contribution in [2.75, 3.05) is 5.73 Å². The Morgan fingerprint density at radius 1 is 1.33 bits per heavy atom. The van der Waals surface area contributed by atoms with Crippen LogP contribution in [0, 0.1) is 13.8 Å². The van der Waals surface area contributed by atoms with Crippen LogP contribution in [0.25, 0.3) is 0 Å². The molecule has 0 saturated carbocycles. The number of rotatable bonds is 3. The van der Waals surface area contributed by atoms with E-state index in [0.29, 0.717) is 18.0 Å². The number of ether oxygens (including phenoxy) is 1. The molecule has 1 aromatic carbocycles. The summed E-state index contributed by atoms with van der Waals surface area (Å²) in [6, 6.07) is 3.79. The van der Waals surface area contributed by atoms with Crippen LogP contribution >= 0.6 is 15.9 Å². The molecule has 0 saturated heterocycles. The van der Waals surface area contributed by atoms with Crippen molar-refractivity contribution in [2.45, 2.75) is 20.5 Å². The monoisotopic (exact) mass is 310 g/mol. The molecule has 2 rings (SSSR count). The zero-order valence-electron chi connectivity index (χ0n) is 10.6. The van der Waals surface area contributed by atoms with Gasteiger partial charge in [0.25, 0.3) is 0 Å². The van der Waals surface area contributed by atoms with E-state index < -0.39 is 0 Å². The Labute approximate surface area is 114 Å². The van der Waals surface area contributed by atoms with Gasteiger partial charge in [0.2, 0.25) is 0 Å². The molecule has 1 heterocycles. The lowest BCUT2D eigenvalue weighted by Gasteiger charge is -2.12. The Kier molecular flexibility index (Phi) is 3.56. The second-order valence-corrected chi connectivity index (χ2v) is 5.07. The summed E-state index contributed by atoms with van der Waals surface area (Å²) in [5.74, 6) is 2.32. The van der Waals surface area contributed by atoms with E-state index in [0.717, 1.165) is 21.7 Å². The minimum absolute atomic E-state index is 0.351. The van der Waals surface area contributed by atoms with Crippen LogP contribution in [0.5, 0.6) is 5.75 Å². The lowest BCUT2D eigenvalue weighted by Crippen LogP contribution is -2.06. The van der Waals surface area contributed by atoms with Gasteiger partial charge in [0, 0.05) is 11.5 Å². The summed E-state index contributed by atoms with van der Waals surface area (Å²) in [6.45, 7) is 4.21. The summed E-state index contributed by atoms with van der Waals surface area (Å²) in [4.78, 5) is 0. The third-order valence-electron chi connectivity index (χ3n) is 2.80. The van der Waals surface area contributed by atoms with Gasteiger partial charge >= 0.3 is 0 Å². The number of anilines is 1. The predicted octanol–water partition coefficient (Wildman–Crippen LogP) is 2.36. The van der Waals surface area contributed by atoms with Crippen LogP contribution in [0.15, 0.2) is 16.6 Å². The minimum Gasteiger partial charge on any atom is -0.483 e. The lowest BCUT2D eigenvalue weighted by molar-refractivity contribution is 0.290. The number of benzene rings is 1. The average Bonchev–Trinajstić information content (AvgIpc) is 2.59. The van der Waals surface area contributed by atoms with Crippen molar-refractivity contribution in [1.82, 2.24) is 14.8 Å². The van der Waals surface area contributed by atoms with Crippen LogP contribution in [-0.2, 0) is 13.7 Å². The molecule has 2 aromatic rings. The summed E-state index contributed by atoms with van der Waals surface area (Å²) in [5, 5.41) is 8.03. The molecule has 0 radical (unpaired) electrons. The quantitative estimate of drug-likeness (QED) is 0.884. The molecule has 18 heavy (non-hydrogen) atoms. The van der Waals surface area contributed by atoms with Gasteiger partial charge in [-0.2, -0.15) is 0 Å². The Balaban J connectivity index is 2.18. The maximum absolute atomic E-state index is 5.93. The van der Waals surface area contributed by atoms with Gasteiger partial charge in [-0.1, -0.05) is 15.9 Å². The molecule has 0 aliphatic carbocycles. The first kappa shape index (κ1) is 12.9. The van der Waals surface area contributed by atoms with E-state index in [9.17, 15) is 0 Å². The third-order valence-corrected chi connectivity index (χ3v) is 3.25. The van der Waals surface area contributed by atoms with Gasteiger partial charge in [0.15, 0.2) is 5.82 Å². The van der Waals surface area contributed by atoms with E-state index in [1.165, 1.54) is 0 Å². The van der Waals surface area contributed by atoms with Gasteiger partial charge in [0.1, 0.15) is 18.2 Å². The number of aromatic nitrogens is 3. The molecule has 1 aromatic heterocycles. The standard InChI is InChI=1S/C12H15BrN4O/c1-7-4-9(13)5-10(14)12(7)18-6-11-16-15-8(2)17(11)3/h4-5H,6,14H2,1-3H3. The van der Waals surface area contributed by atoms with Crippen LogP contribution in [-0.4, -0.2) is 14.8 Å². The number of nitrogens with two attached hydrogens (primary N) is 1. The van der Waals surface area contributed by atoms with Gasteiger partial charge in [0.05, 0.1) is 5.69 Å². The Bertz CT molecular complexity index is 556. The van der Waals surface area contributed by atoms with E-state index in [2.05, 4.69) is 26.1 Å². The normalized spacial score (nSPS) is 10.7. The van der Waals surface area contributed by atoms with E-state index in [1.807, 2.05) is 37.6 Å². The van der Waals surface area contributed by atoms with Gasteiger partial charge in [-0.15, -0.1) is 10.2 Å². The summed E-state index contributed by atoms with van der Waals surface area (Å²) in [5.41, 5.74) is 7.53. The van der Waals surface area contributed by atoms with Gasteiger partial charge in [-0.05, 0) is 31.5 Å². The van der Waals surface area contributed by atoms with Gasteiger partial charge in [-0.3, -0.25) is 0 Å². The van der Waals surface area contributed by atoms with Crippen LogP contribution in [0.1, 0.15) is 17.2 Å². The molecule has 0 amide bonds. The van der Waals surface area contributed by atoms with Crippen molar-refractivity contribution in [3.63, 3.8) is 0 Å². The van der Waals surface area contributed by atoms with Crippen molar-refractivity contribution < 1.29 is 4.74 Å². The average molecular weight is 311 g/mol. The first-order valence-corrected chi connectivity index (χ1v) is 6.31. The highest BCUT2D eigenvalue weighted by molar-refractivity contribution is 9.10. The van der Waals surface area contributed by atoms with Crippen LogP contribution in [0.3, 0.4) is 0 Å². The molecule has 0 atom stereocenters. The van der Waals surface area contributed by atoms with E-state index >= 15 is 0 Å². The van der Waals surface area contributed by atoms with Crippen LogP contribution in [0.4, 0.5) is 5.69 Å². The van der Waals surface area contributed by atoms with Crippen LogP contribution < -0.4 is 10.5 Å². The van der Waals surface area contributed by atoms with Crippen LogP contribution in [0.2, 0.25) is 0 Å². The number of hydrogen-bond donors (Lipinski definition) is 1. The van der Waals surface area contributed by atoms with Crippen molar-refractivity contribution >= 4 is 21.6 Å². The predicted molar refractivity (Wildman–Crippen MR) is 73.4 cm³/mol. The van der Waals surface area contributed by atoms with Crippen molar-refractivity contribution in [3.05, 3.63) is 33.8 Å². The first-order chi connectivity index (χ1) is 8.49. The Morgan fingerprint density at radius 3 is 2.61 bits per heavy atom. The third kappa shape index (κ3) is 2.48. The maximum atomic E-state index is 5.93. The molecule has 0 bridgehead atoms. The molecule has 0 aliphatic heterocycles. The summed E-state index contributed by atoms with van der Waals surface area (Å²) in [6.07, 6.45) is 0. The van der Waals surface area contributed by atoms with E-state index in [1.54, 1.807) is 0 Å². The van der Waals surface area contributed by atoms with Crippen molar-refractivity contribution in [2.24, 2.45) is 7.05 Å². The Hall–Kier alpha value is -1.56. The summed E-state index contributed by atoms with van der Waals surface area (Å²) >= 11 is 3.40. The molecule has 0 unspecified atom stereocenters. The van der Waals surface area contributed by atoms with Crippen molar-refractivity contribution in [3.8, 4) is 5.75 Å². The minimum atomic E-state index is 0.351. The molecule has 0 spiro atoms. The largest absolute Gasteiger partial charge is 0.483 e. The van der Waals surface area contributed by atoms with Gasteiger partial charge < -0.3 is 15.0 Å². The number of nitrogen functional groups attached to an aromatic ring is 1. The molecule has 6 heteroatoms. The number of aryl methyl sites for hydroxylation is 2. The highest BCUT2D eigenvalue weighted by Gasteiger charge is 2.10. The zero-order valence-corrected chi connectivity index (χ0v) is 12.2. The fraction of sp³-hybridized carbons (Fsp3) is 0.333. The SMILES string of the molecule is Cc1cc(Br)cc(N)c1OCc1nnc(C)n1C. The highest BCUT2D eigenvalue weighted by Crippen LogP contribution is 2.30. The molecule has 96 valence electrons. The Morgan fingerprint density at radius 2 is 2.06 bits per heavy atom. The number of nitrogens with zero attached hydrogens (tertiary/aromatic N) is 3. The van der Waals surface area contributed by atoms with Gasteiger partial charge in [-0.25, -0.2) is 0 Å². The summed E-state index contributed by atoms with van der Waals surface area (Å²) < 4.78 is 8.57. The fourth-order valence-corrected chi connectivity index (χ4v) is 2.26. The first-order valence-electron chi connectivity index (χ1n) is 5.52. The number of halogens is 1. The topological polar surface area (TPSA) is 66.0 Å². The molecular weight excluding hydrogens is 296 g/mol. The molecule has 2 N–H and O–H groups in total. The van der Waals surface area contributed by atoms with E-state index in [4.69, 9.17) is 10.5 Å². The highest BCUT2D eigenvalue weighted by atomic mass is 79.9. The second kappa shape index (κ2) is 4.97. The number of hydrogen-bond acceptors (Lipinski definition) is 4. The lowest BCUT2D eigenvalue weighted by atomic mass is 10.2. The van der Waals surface area contributed by atoms with E-state index in [-0.39, 0.29) is 0 Å². The molecular formula is C12H15BrN4O. The molecule has 0 fully saturated rings. The smallest absolute Gasteiger partial charge is 0.170 e.